The summed E-state index contributed by atoms with van der Waals surface area (Å²) in [5.74, 6) is 0.420. The van der Waals surface area contributed by atoms with Gasteiger partial charge in [0.2, 0.25) is 0 Å². The SMILES string of the molecule is Cc1nc(-c2cccc(C(F)(F)F)c2)c(C(=O)N2CCSC2(C)N)s1. The summed E-state index contributed by atoms with van der Waals surface area (Å²) >= 11 is 2.63. The lowest BCUT2D eigenvalue weighted by molar-refractivity contribution is -0.137. The van der Waals surface area contributed by atoms with Gasteiger partial charge in [-0.2, -0.15) is 13.2 Å². The molecule has 0 saturated carbocycles. The summed E-state index contributed by atoms with van der Waals surface area (Å²) in [5.41, 5.74) is 5.91. The number of amides is 1. The van der Waals surface area contributed by atoms with E-state index in [0.29, 0.717) is 16.4 Å². The van der Waals surface area contributed by atoms with E-state index in [0.717, 1.165) is 17.9 Å². The van der Waals surface area contributed by atoms with Crippen molar-refractivity contribution in [2.24, 2.45) is 5.73 Å². The van der Waals surface area contributed by atoms with Gasteiger partial charge in [0.05, 0.1) is 16.3 Å². The number of benzene rings is 1. The first kappa shape index (κ1) is 18.2. The van der Waals surface area contributed by atoms with Crippen LogP contribution in [0.1, 0.15) is 27.2 Å². The molecule has 3 rings (SSSR count). The standard InChI is InChI=1S/C16H16F3N3OS2/c1-9-21-12(10-4-3-5-11(8-10)16(17,18)19)13(25-9)14(23)22-6-7-24-15(22,2)20/h3-5,8H,6-7,20H2,1-2H3. The molecule has 4 nitrogen and oxygen atoms in total. The van der Waals surface area contributed by atoms with Gasteiger partial charge in [0.25, 0.3) is 5.91 Å². The Labute approximate surface area is 151 Å². The molecule has 0 radical (unpaired) electrons. The summed E-state index contributed by atoms with van der Waals surface area (Å²) in [4.78, 5) is 18.3. The Morgan fingerprint density at radius 1 is 1.40 bits per heavy atom. The number of carbonyl (C=O) groups excluding carboxylic acids is 1. The minimum atomic E-state index is -4.45. The normalized spacial score (nSPS) is 21.0. The minimum absolute atomic E-state index is 0.270. The van der Waals surface area contributed by atoms with E-state index < -0.39 is 16.7 Å². The molecule has 2 N–H and O–H groups in total. The summed E-state index contributed by atoms with van der Waals surface area (Å²) < 4.78 is 38.9. The second-order valence-electron chi connectivity index (χ2n) is 5.85. The van der Waals surface area contributed by atoms with E-state index in [9.17, 15) is 18.0 Å². The van der Waals surface area contributed by atoms with Gasteiger partial charge in [0.1, 0.15) is 9.87 Å². The maximum Gasteiger partial charge on any atom is 0.416 e. The summed E-state index contributed by atoms with van der Waals surface area (Å²) in [6, 6.07) is 4.87. The van der Waals surface area contributed by atoms with Gasteiger partial charge in [-0.05, 0) is 26.0 Å². The quantitative estimate of drug-likeness (QED) is 0.847. The van der Waals surface area contributed by atoms with Crippen LogP contribution in [0.4, 0.5) is 13.2 Å². The molecule has 1 aliphatic rings. The molecule has 0 spiro atoms. The van der Waals surface area contributed by atoms with Crippen molar-refractivity contribution >= 4 is 29.0 Å². The Morgan fingerprint density at radius 2 is 2.12 bits per heavy atom. The van der Waals surface area contributed by atoms with Crippen LogP contribution in [0.25, 0.3) is 11.3 Å². The molecule has 1 aromatic heterocycles. The van der Waals surface area contributed by atoms with E-state index in [4.69, 9.17) is 5.73 Å². The van der Waals surface area contributed by atoms with E-state index in [1.54, 1.807) is 18.7 Å². The molecular weight excluding hydrogens is 371 g/mol. The molecule has 1 aliphatic heterocycles. The van der Waals surface area contributed by atoms with E-state index in [1.807, 2.05) is 0 Å². The topological polar surface area (TPSA) is 59.2 Å². The number of halogens is 3. The van der Waals surface area contributed by atoms with Gasteiger partial charge in [0.15, 0.2) is 0 Å². The average Bonchev–Trinajstić information content (AvgIpc) is 3.08. The van der Waals surface area contributed by atoms with Crippen molar-refractivity contribution < 1.29 is 18.0 Å². The molecule has 1 aromatic carbocycles. The first-order valence-corrected chi connectivity index (χ1v) is 9.29. The van der Waals surface area contributed by atoms with E-state index in [2.05, 4.69) is 4.98 Å². The molecule has 1 amide bonds. The van der Waals surface area contributed by atoms with Crippen LogP contribution in [0.3, 0.4) is 0 Å². The predicted molar refractivity (Wildman–Crippen MR) is 93.4 cm³/mol. The van der Waals surface area contributed by atoms with Crippen LogP contribution in [0.15, 0.2) is 24.3 Å². The van der Waals surface area contributed by atoms with Gasteiger partial charge in [0, 0.05) is 17.9 Å². The molecule has 2 aromatic rings. The van der Waals surface area contributed by atoms with Gasteiger partial charge >= 0.3 is 6.18 Å². The molecule has 134 valence electrons. The minimum Gasteiger partial charge on any atom is -0.310 e. The summed E-state index contributed by atoms with van der Waals surface area (Å²) in [6.07, 6.45) is -4.45. The zero-order chi connectivity index (χ0) is 18.4. The predicted octanol–water partition coefficient (Wildman–Crippen LogP) is 3.96. The second-order valence-corrected chi connectivity index (χ2v) is 8.58. The van der Waals surface area contributed by atoms with Crippen molar-refractivity contribution in [1.29, 1.82) is 0 Å². The Morgan fingerprint density at radius 3 is 2.72 bits per heavy atom. The lowest BCUT2D eigenvalue weighted by Crippen LogP contribution is -2.50. The molecule has 1 unspecified atom stereocenters. The number of nitrogens with two attached hydrogens (primary N) is 1. The fourth-order valence-electron chi connectivity index (χ4n) is 2.68. The second kappa shape index (κ2) is 6.30. The number of alkyl halides is 3. The van der Waals surface area contributed by atoms with Gasteiger partial charge in [-0.25, -0.2) is 4.98 Å². The first-order chi connectivity index (χ1) is 11.6. The van der Waals surface area contributed by atoms with Crippen LogP contribution < -0.4 is 5.73 Å². The van der Waals surface area contributed by atoms with Crippen LogP contribution >= 0.6 is 23.1 Å². The highest BCUT2D eigenvalue weighted by Gasteiger charge is 2.39. The number of thiazole rings is 1. The summed E-state index contributed by atoms with van der Waals surface area (Å²) in [7, 11) is 0. The van der Waals surface area contributed by atoms with Crippen LogP contribution in [-0.4, -0.2) is 33.1 Å². The monoisotopic (exact) mass is 387 g/mol. The van der Waals surface area contributed by atoms with Crippen molar-refractivity contribution in [3.8, 4) is 11.3 Å². The molecule has 2 heterocycles. The van der Waals surface area contributed by atoms with Crippen LogP contribution in [-0.2, 0) is 6.18 Å². The number of thioether (sulfide) groups is 1. The van der Waals surface area contributed by atoms with Crippen molar-refractivity contribution in [3.05, 3.63) is 39.7 Å². The van der Waals surface area contributed by atoms with Gasteiger partial charge in [-0.3, -0.25) is 4.79 Å². The number of hydrogen-bond acceptors (Lipinski definition) is 5. The Bertz CT molecular complexity index is 817. The van der Waals surface area contributed by atoms with Crippen LogP contribution in [0.2, 0.25) is 0 Å². The Balaban J connectivity index is 2.04. The lowest BCUT2D eigenvalue weighted by atomic mass is 10.1. The first-order valence-electron chi connectivity index (χ1n) is 7.49. The lowest BCUT2D eigenvalue weighted by Gasteiger charge is -2.29. The highest BCUT2D eigenvalue weighted by Crippen LogP contribution is 2.37. The van der Waals surface area contributed by atoms with Crippen molar-refractivity contribution in [2.75, 3.05) is 12.3 Å². The molecule has 0 bridgehead atoms. The van der Waals surface area contributed by atoms with E-state index >= 15 is 0 Å². The van der Waals surface area contributed by atoms with E-state index in [-0.39, 0.29) is 17.2 Å². The third-order valence-corrected chi connectivity index (χ3v) is 6.03. The van der Waals surface area contributed by atoms with Gasteiger partial charge in [-0.15, -0.1) is 23.1 Å². The Kier molecular flexibility index (Phi) is 4.59. The molecule has 1 fully saturated rings. The number of carbonyl (C=O) groups is 1. The summed E-state index contributed by atoms with van der Waals surface area (Å²) in [6.45, 7) is 3.97. The van der Waals surface area contributed by atoms with Crippen LogP contribution in [0.5, 0.6) is 0 Å². The fourth-order valence-corrected chi connectivity index (χ4v) is 4.59. The van der Waals surface area contributed by atoms with Crippen molar-refractivity contribution in [3.63, 3.8) is 0 Å². The van der Waals surface area contributed by atoms with E-state index in [1.165, 1.54) is 35.2 Å². The molecule has 1 saturated heterocycles. The molecule has 25 heavy (non-hydrogen) atoms. The highest BCUT2D eigenvalue weighted by atomic mass is 32.2. The van der Waals surface area contributed by atoms with Crippen LogP contribution in [0, 0.1) is 6.92 Å². The number of hydrogen-bond donors (Lipinski definition) is 1. The molecular formula is C16H16F3N3OS2. The van der Waals surface area contributed by atoms with Gasteiger partial charge < -0.3 is 10.6 Å². The van der Waals surface area contributed by atoms with Crippen molar-refractivity contribution in [2.45, 2.75) is 25.0 Å². The maximum absolute atomic E-state index is 13.0. The Hall–Kier alpha value is -1.58. The zero-order valence-electron chi connectivity index (χ0n) is 13.6. The highest BCUT2D eigenvalue weighted by molar-refractivity contribution is 8.00. The van der Waals surface area contributed by atoms with Gasteiger partial charge in [-0.1, -0.05) is 12.1 Å². The zero-order valence-corrected chi connectivity index (χ0v) is 15.2. The van der Waals surface area contributed by atoms with Crippen molar-refractivity contribution in [1.82, 2.24) is 9.88 Å². The maximum atomic E-state index is 13.0. The smallest absolute Gasteiger partial charge is 0.310 e. The molecule has 1 atom stereocenters. The fraction of sp³-hybridized carbons (Fsp3) is 0.375. The number of rotatable bonds is 2. The third-order valence-electron chi connectivity index (χ3n) is 3.88. The molecule has 0 aliphatic carbocycles. The number of aromatic nitrogens is 1. The molecule has 9 heteroatoms. The summed E-state index contributed by atoms with van der Waals surface area (Å²) in [5, 5.41) is 0.612. The average molecular weight is 387 g/mol. The number of aryl methyl sites for hydroxylation is 1. The largest absolute Gasteiger partial charge is 0.416 e. The third kappa shape index (κ3) is 3.54. The number of nitrogens with zero attached hydrogens (tertiary/aromatic N) is 2.